The van der Waals surface area contributed by atoms with E-state index in [1.807, 2.05) is 43.5 Å². The van der Waals surface area contributed by atoms with Gasteiger partial charge in [-0.1, -0.05) is 25.7 Å². The summed E-state index contributed by atoms with van der Waals surface area (Å²) in [6, 6.07) is 7.05. The SMILES string of the molecule is CC(C)(C)[S@@](=O)/N=C/c1ccc2ncn(COCC[Si](C)(C)C)c2c1. The fourth-order valence-corrected chi connectivity index (χ4v) is 3.36. The van der Waals surface area contributed by atoms with Gasteiger partial charge in [0.05, 0.1) is 22.1 Å². The summed E-state index contributed by atoms with van der Waals surface area (Å²) in [5.41, 5.74) is 2.83. The van der Waals surface area contributed by atoms with Gasteiger partial charge in [0.25, 0.3) is 0 Å². The van der Waals surface area contributed by atoms with Gasteiger partial charge in [-0.2, -0.15) is 4.40 Å². The van der Waals surface area contributed by atoms with Crippen LogP contribution < -0.4 is 0 Å². The van der Waals surface area contributed by atoms with Gasteiger partial charge in [0.2, 0.25) is 0 Å². The first kappa shape index (κ1) is 20.0. The summed E-state index contributed by atoms with van der Waals surface area (Å²) in [5.74, 6) is 0. The second-order valence-electron chi connectivity index (χ2n) is 8.41. The summed E-state index contributed by atoms with van der Waals surface area (Å²) in [6.45, 7) is 14.0. The van der Waals surface area contributed by atoms with Crippen LogP contribution in [0, 0.1) is 0 Å². The van der Waals surface area contributed by atoms with E-state index in [1.165, 1.54) is 0 Å². The van der Waals surface area contributed by atoms with Crippen molar-refractivity contribution in [1.82, 2.24) is 9.55 Å². The minimum atomic E-state index is -1.26. The van der Waals surface area contributed by atoms with Crippen LogP contribution in [0.2, 0.25) is 25.7 Å². The number of imidazole rings is 1. The molecule has 1 aromatic heterocycles. The van der Waals surface area contributed by atoms with Crippen molar-refractivity contribution in [3.63, 3.8) is 0 Å². The molecular formula is C18H29N3O2SSi. The molecule has 7 heteroatoms. The third-order valence-corrected chi connectivity index (χ3v) is 6.74. The van der Waals surface area contributed by atoms with Gasteiger partial charge in [0.15, 0.2) is 0 Å². The zero-order chi connectivity index (χ0) is 18.7. The first-order valence-corrected chi connectivity index (χ1v) is 13.4. The normalized spacial score (nSPS) is 14.5. The second-order valence-corrected chi connectivity index (χ2v) is 16.0. The fourth-order valence-electron chi connectivity index (χ4n) is 2.07. The van der Waals surface area contributed by atoms with Gasteiger partial charge in [0.1, 0.15) is 17.7 Å². The molecule has 0 aliphatic carbocycles. The van der Waals surface area contributed by atoms with Gasteiger partial charge >= 0.3 is 0 Å². The van der Waals surface area contributed by atoms with Crippen LogP contribution in [0.15, 0.2) is 28.9 Å². The average molecular weight is 380 g/mol. The van der Waals surface area contributed by atoms with Crippen molar-refractivity contribution in [1.29, 1.82) is 0 Å². The molecule has 0 spiro atoms. The Morgan fingerprint density at radius 3 is 2.68 bits per heavy atom. The topological polar surface area (TPSA) is 56.5 Å². The van der Waals surface area contributed by atoms with Crippen LogP contribution in [-0.2, 0) is 22.5 Å². The molecule has 0 fully saturated rings. The van der Waals surface area contributed by atoms with E-state index < -0.39 is 19.1 Å². The average Bonchev–Trinajstić information content (AvgIpc) is 2.89. The predicted octanol–water partition coefficient (Wildman–Crippen LogP) is 4.23. The van der Waals surface area contributed by atoms with Crippen LogP contribution >= 0.6 is 0 Å². The molecule has 2 rings (SSSR count). The summed E-state index contributed by atoms with van der Waals surface area (Å²) >= 11 is 0. The molecule has 0 radical (unpaired) electrons. The standard InChI is InChI=1S/C18H29N3O2SSi/c1-18(2,3)24(22)20-12-15-7-8-16-17(11-15)21(13-19-16)14-23-9-10-25(4,5)6/h7-8,11-13H,9-10,14H2,1-6H3/b20-12+/t24-/m1/s1. The lowest BCUT2D eigenvalue weighted by Gasteiger charge is -2.15. The molecule has 0 aliphatic rings. The van der Waals surface area contributed by atoms with E-state index in [0.717, 1.165) is 29.2 Å². The number of ether oxygens (including phenoxy) is 1. The predicted molar refractivity (Wildman–Crippen MR) is 109 cm³/mol. The Labute approximate surface area is 154 Å². The molecule has 0 amide bonds. The Kier molecular flexibility index (Phi) is 6.34. The fraction of sp³-hybridized carbons (Fsp3) is 0.556. The van der Waals surface area contributed by atoms with Crippen LogP contribution in [0.3, 0.4) is 0 Å². The second kappa shape index (κ2) is 7.93. The van der Waals surface area contributed by atoms with Crippen LogP contribution in [0.5, 0.6) is 0 Å². The Hall–Kier alpha value is -1.31. The maximum Gasteiger partial charge on any atom is 0.144 e. The van der Waals surface area contributed by atoms with Crippen molar-refractivity contribution in [3.8, 4) is 0 Å². The molecule has 0 bridgehead atoms. The van der Waals surface area contributed by atoms with E-state index >= 15 is 0 Å². The van der Waals surface area contributed by atoms with Crippen molar-refractivity contribution in [3.05, 3.63) is 30.1 Å². The maximum atomic E-state index is 12.1. The molecule has 2 aromatic rings. The number of rotatable bonds is 7. The van der Waals surface area contributed by atoms with Gasteiger partial charge in [-0.3, -0.25) is 0 Å². The highest BCUT2D eigenvalue weighted by Gasteiger charge is 2.18. The molecule has 5 nitrogen and oxygen atoms in total. The van der Waals surface area contributed by atoms with E-state index in [9.17, 15) is 4.21 Å². The molecule has 1 atom stereocenters. The Balaban J connectivity index is 2.08. The minimum absolute atomic E-state index is 0.355. The summed E-state index contributed by atoms with van der Waals surface area (Å²) in [5, 5.41) is 0. The molecule has 0 saturated carbocycles. The van der Waals surface area contributed by atoms with Crippen molar-refractivity contribution < 1.29 is 8.95 Å². The molecular weight excluding hydrogens is 350 g/mol. The van der Waals surface area contributed by atoms with E-state index in [-0.39, 0.29) is 4.75 Å². The van der Waals surface area contributed by atoms with Crippen LogP contribution in [0.4, 0.5) is 0 Å². The monoisotopic (exact) mass is 379 g/mol. The molecule has 25 heavy (non-hydrogen) atoms. The zero-order valence-corrected chi connectivity index (χ0v) is 17.9. The molecule has 0 N–H and O–H groups in total. The van der Waals surface area contributed by atoms with Crippen molar-refractivity contribution in [2.75, 3.05) is 6.61 Å². The number of fused-ring (bicyclic) bond motifs is 1. The minimum Gasteiger partial charge on any atom is -0.361 e. The maximum absolute atomic E-state index is 12.1. The third-order valence-electron chi connectivity index (χ3n) is 3.69. The smallest absolute Gasteiger partial charge is 0.144 e. The molecule has 138 valence electrons. The highest BCUT2D eigenvalue weighted by atomic mass is 32.2. The lowest BCUT2D eigenvalue weighted by Crippen LogP contribution is -2.21. The first-order chi connectivity index (χ1) is 11.6. The van der Waals surface area contributed by atoms with Crippen molar-refractivity contribution >= 4 is 36.3 Å². The van der Waals surface area contributed by atoms with Crippen molar-refractivity contribution in [2.45, 2.75) is 57.9 Å². The number of aromatic nitrogens is 2. The number of hydrogen-bond donors (Lipinski definition) is 0. The van der Waals surface area contributed by atoms with Gasteiger partial charge in [-0.05, 0) is 44.5 Å². The van der Waals surface area contributed by atoms with Gasteiger partial charge in [0, 0.05) is 20.9 Å². The summed E-state index contributed by atoms with van der Waals surface area (Å²) in [6.07, 6.45) is 3.47. The summed E-state index contributed by atoms with van der Waals surface area (Å²) in [4.78, 5) is 4.41. The van der Waals surface area contributed by atoms with Crippen LogP contribution in [0.25, 0.3) is 11.0 Å². The van der Waals surface area contributed by atoms with E-state index in [4.69, 9.17) is 4.74 Å². The quantitative estimate of drug-likeness (QED) is 0.411. The highest BCUT2D eigenvalue weighted by Crippen LogP contribution is 2.16. The number of benzene rings is 1. The van der Waals surface area contributed by atoms with E-state index in [2.05, 4.69) is 29.0 Å². The first-order valence-electron chi connectivity index (χ1n) is 8.55. The molecule has 0 saturated heterocycles. The molecule has 0 aliphatic heterocycles. The lowest BCUT2D eigenvalue weighted by molar-refractivity contribution is 0.0898. The Morgan fingerprint density at radius 1 is 1.32 bits per heavy atom. The largest absolute Gasteiger partial charge is 0.361 e. The Morgan fingerprint density at radius 2 is 2.04 bits per heavy atom. The Bertz CT molecular complexity index is 773. The van der Waals surface area contributed by atoms with Crippen LogP contribution in [0.1, 0.15) is 26.3 Å². The lowest BCUT2D eigenvalue weighted by atomic mass is 10.2. The van der Waals surface area contributed by atoms with Gasteiger partial charge < -0.3 is 9.30 Å². The molecule has 1 aromatic carbocycles. The van der Waals surface area contributed by atoms with Gasteiger partial charge in [-0.15, -0.1) is 0 Å². The van der Waals surface area contributed by atoms with Gasteiger partial charge in [-0.25, -0.2) is 9.19 Å². The molecule has 0 unspecified atom stereocenters. The zero-order valence-electron chi connectivity index (χ0n) is 16.1. The summed E-state index contributed by atoms with van der Waals surface area (Å²) < 4.78 is 23.7. The number of nitrogens with zero attached hydrogens (tertiary/aromatic N) is 3. The van der Waals surface area contributed by atoms with Crippen molar-refractivity contribution in [2.24, 2.45) is 4.40 Å². The van der Waals surface area contributed by atoms with E-state index in [0.29, 0.717) is 6.73 Å². The molecule has 1 heterocycles. The third kappa shape index (κ3) is 6.16. The number of hydrogen-bond acceptors (Lipinski definition) is 3. The van der Waals surface area contributed by atoms with E-state index in [1.54, 1.807) is 12.5 Å². The van der Waals surface area contributed by atoms with Crippen LogP contribution in [-0.4, -0.2) is 39.4 Å². The summed E-state index contributed by atoms with van der Waals surface area (Å²) in [7, 11) is -2.33. The highest BCUT2D eigenvalue weighted by molar-refractivity contribution is 7.85.